The molecule has 2 aromatic rings. The summed E-state index contributed by atoms with van der Waals surface area (Å²) < 4.78 is 0. The number of hydrogen-bond acceptors (Lipinski definition) is 3. The van der Waals surface area contributed by atoms with E-state index in [-0.39, 0.29) is 18.4 Å². The molecule has 0 aliphatic carbocycles. The predicted octanol–water partition coefficient (Wildman–Crippen LogP) is 1.36. The minimum atomic E-state index is -0.835. The Morgan fingerprint density at radius 3 is 2.90 bits per heavy atom. The number of aromatic amines is 1. The highest BCUT2D eigenvalue weighted by atomic mass is 16.4. The first-order valence-corrected chi connectivity index (χ1v) is 6.51. The maximum Gasteiger partial charge on any atom is 0.308 e. The average Bonchev–Trinajstić information content (AvgIpc) is 3.02. The topological polar surface area (TPSA) is 86.3 Å². The molecule has 1 fully saturated rings. The molecule has 1 aromatic heterocycles. The summed E-state index contributed by atoms with van der Waals surface area (Å²) >= 11 is 0. The van der Waals surface area contributed by atoms with Crippen molar-refractivity contribution in [3.63, 3.8) is 0 Å². The third kappa shape index (κ3) is 2.03. The number of carboxylic acid groups (broad SMARTS) is 1. The van der Waals surface area contributed by atoms with Crippen molar-refractivity contribution < 1.29 is 14.7 Å². The Kier molecular flexibility index (Phi) is 2.93. The molecule has 2 atom stereocenters. The van der Waals surface area contributed by atoms with Gasteiger partial charge in [-0.2, -0.15) is 5.10 Å². The van der Waals surface area contributed by atoms with Gasteiger partial charge in [-0.15, -0.1) is 0 Å². The minimum Gasteiger partial charge on any atom is -0.481 e. The number of carbonyl (C=O) groups excluding carboxylic acids is 1. The minimum absolute atomic E-state index is 0.0193. The van der Waals surface area contributed by atoms with Gasteiger partial charge in [-0.1, -0.05) is 6.92 Å². The van der Waals surface area contributed by atoms with Gasteiger partial charge in [0.2, 0.25) is 0 Å². The van der Waals surface area contributed by atoms with Gasteiger partial charge in [0, 0.05) is 24.0 Å². The number of benzene rings is 1. The first kappa shape index (κ1) is 12.7. The summed E-state index contributed by atoms with van der Waals surface area (Å²) in [4.78, 5) is 25.2. The molecular formula is C14H15N3O3. The fourth-order valence-electron chi connectivity index (χ4n) is 2.71. The van der Waals surface area contributed by atoms with Crippen LogP contribution in [0.2, 0.25) is 0 Å². The molecule has 0 bridgehead atoms. The number of amides is 1. The Morgan fingerprint density at radius 1 is 1.40 bits per heavy atom. The van der Waals surface area contributed by atoms with E-state index in [4.69, 9.17) is 5.11 Å². The van der Waals surface area contributed by atoms with Crippen molar-refractivity contribution in [1.29, 1.82) is 0 Å². The number of H-pyrrole nitrogens is 1. The van der Waals surface area contributed by atoms with E-state index in [9.17, 15) is 9.59 Å². The van der Waals surface area contributed by atoms with Crippen molar-refractivity contribution in [2.45, 2.75) is 6.92 Å². The van der Waals surface area contributed by atoms with Crippen LogP contribution in [0.1, 0.15) is 17.3 Å². The third-order valence-corrected chi connectivity index (χ3v) is 3.90. The lowest BCUT2D eigenvalue weighted by Crippen LogP contribution is -2.29. The van der Waals surface area contributed by atoms with Crippen LogP contribution >= 0.6 is 0 Å². The zero-order valence-corrected chi connectivity index (χ0v) is 11.0. The Labute approximate surface area is 115 Å². The molecule has 1 aliphatic rings. The molecule has 3 rings (SSSR count). The third-order valence-electron chi connectivity index (χ3n) is 3.90. The maximum absolute atomic E-state index is 12.4. The predicted molar refractivity (Wildman–Crippen MR) is 72.3 cm³/mol. The Hall–Kier alpha value is -2.37. The van der Waals surface area contributed by atoms with Crippen LogP contribution in [-0.2, 0) is 4.79 Å². The van der Waals surface area contributed by atoms with E-state index >= 15 is 0 Å². The Morgan fingerprint density at radius 2 is 2.20 bits per heavy atom. The normalized spacial score (nSPS) is 22.4. The molecule has 2 heterocycles. The van der Waals surface area contributed by atoms with Crippen molar-refractivity contribution in [3.05, 3.63) is 30.0 Å². The number of rotatable bonds is 2. The summed E-state index contributed by atoms with van der Waals surface area (Å²) in [5.41, 5.74) is 1.44. The molecule has 0 spiro atoms. The smallest absolute Gasteiger partial charge is 0.308 e. The van der Waals surface area contributed by atoms with Gasteiger partial charge in [0.05, 0.1) is 17.6 Å². The zero-order valence-electron chi connectivity index (χ0n) is 11.0. The summed E-state index contributed by atoms with van der Waals surface area (Å²) in [6, 6.07) is 5.32. The average molecular weight is 273 g/mol. The standard InChI is InChI=1S/C14H15N3O3/c1-8-6-17(7-11(8)14(19)20)13(18)9-2-3-12-10(4-9)5-15-16-12/h2-5,8,11H,6-7H2,1H3,(H,15,16)(H,19,20). The lowest BCUT2D eigenvalue weighted by atomic mass is 9.99. The van der Waals surface area contributed by atoms with E-state index in [0.717, 1.165) is 10.9 Å². The zero-order chi connectivity index (χ0) is 14.3. The second-order valence-electron chi connectivity index (χ2n) is 5.30. The number of carbonyl (C=O) groups is 2. The van der Waals surface area contributed by atoms with Gasteiger partial charge in [0.15, 0.2) is 0 Å². The molecule has 0 saturated carbocycles. The fraction of sp³-hybridized carbons (Fsp3) is 0.357. The Balaban J connectivity index is 1.84. The number of fused-ring (bicyclic) bond motifs is 1. The van der Waals surface area contributed by atoms with Gasteiger partial charge >= 0.3 is 5.97 Å². The largest absolute Gasteiger partial charge is 0.481 e. The van der Waals surface area contributed by atoms with Gasteiger partial charge in [-0.05, 0) is 24.1 Å². The van der Waals surface area contributed by atoms with Crippen molar-refractivity contribution in [1.82, 2.24) is 15.1 Å². The molecular weight excluding hydrogens is 258 g/mol. The van der Waals surface area contributed by atoms with Crippen LogP contribution in [0.15, 0.2) is 24.4 Å². The maximum atomic E-state index is 12.4. The van der Waals surface area contributed by atoms with Crippen molar-refractivity contribution in [2.24, 2.45) is 11.8 Å². The van der Waals surface area contributed by atoms with Crippen molar-refractivity contribution >= 4 is 22.8 Å². The molecule has 6 heteroatoms. The lowest BCUT2D eigenvalue weighted by molar-refractivity contribution is -0.142. The highest BCUT2D eigenvalue weighted by molar-refractivity contribution is 5.98. The number of aromatic nitrogens is 2. The van der Waals surface area contributed by atoms with Crippen LogP contribution in [0.3, 0.4) is 0 Å². The molecule has 6 nitrogen and oxygen atoms in total. The number of nitrogens with zero attached hydrogens (tertiary/aromatic N) is 2. The molecule has 1 amide bonds. The molecule has 104 valence electrons. The van der Waals surface area contributed by atoms with E-state index < -0.39 is 11.9 Å². The summed E-state index contributed by atoms with van der Waals surface area (Å²) in [7, 11) is 0. The molecule has 1 aromatic carbocycles. The van der Waals surface area contributed by atoms with Crippen LogP contribution in [0.4, 0.5) is 0 Å². The molecule has 2 unspecified atom stereocenters. The first-order valence-electron chi connectivity index (χ1n) is 6.51. The van der Waals surface area contributed by atoms with Crippen LogP contribution in [0, 0.1) is 11.8 Å². The molecule has 2 N–H and O–H groups in total. The molecule has 0 radical (unpaired) electrons. The molecule has 1 saturated heterocycles. The van der Waals surface area contributed by atoms with Gasteiger partial charge in [0.1, 0.15) is 0 Å². The van der Waals surface area contributed by atoms with E-state index in [0.29, 0.717) is 12.1 Å². The van der Waals surface area contributed by atoms with E-state index in [1.54, 1.807) is 23.2 Å². The van der Waals surface area contributed by atoms with Gasteiger partial charge in [0.25, 0.3) is 5.91 Å². The molecule has 20 heavy (non-hydrogen) atoms. The van der Waals surface area contributed by atoms with Crippen LogP contribution in [0.5, 0.6) is 0 Å². The van der Waals surface area contributed by atoms with Gasteiger partial charge in [-0.3, -0.25) is 14.7 Å². The quantitative estimate of drug-likeness (QED) is 0.865. The summed E-state index contributed by atoms with van der Waals surface area (Å²) in [6.45, 7) is 2.63. The van der Waals surface area contributed by atoms with Gasteiger partial charge in [-0.25, -0.2) is 0 Å². The number of hydrogen-bond donors (Lipinski definition) is 2. The second-order valence-corrected chi connectivity index (χ2v) is 5.30. The second kappa shape index (κ2) is 4.63. The Bertz CT molecular complexity index is 679. The van der Waals surface area contributed by atoms with Crippen LogP contribution in [-0.4, -0.2) is 45.2 Å². The summed E-state index contributed by atoms with van der Waals surface area (Å²) in [6.07, 6.45) is 1.67. The number of carboxylic acids is 1. The van der Waals surface area contributed by atoms with E-state index in [1.165, 1.54) is 0 Å². The number of nitrogens with one attached hydrogen (secondary N) is 1. The summed E-state index contributed by atoms with van der Waals surface area (Å²) in [5.74, 6) is -1.45. The number of aliphatic carboxylic acids is 1. The van der Waals surface area contributed by atoms with Gasteiger partial charge < -0.3 is 10.0 Å². The SMILES string of the molecule is CC1CN(C(=O)c2ccc3[nH]ncc3c2)CC1C(=O)O. The first-order chi connectivity index (χ1) is 9.56. The van der Waals surface area contributed by atoms with E-state index in [1.807, 2.05) is 13.0 Å². The highest BCUT2D eigenvalue weighted by Gasteiger charge is 2.37. The number of likely N-dealkylation sites (tertiary alicyclic amines) is 1. The van der Waals surface area contributed by atoms with Crippen molar-refractivity contribution in [2.75, 3.05) is 13.1 Å². The monoisotopic (exact) mass is 273 g/mol. The van der Waals surface area contributed by atoms with E-state index in [2.05, 4.69) is 10.2 Å². The highest BCUT2D eigenvalue weighted by Crippen LogP contribution is 2.25. The van der Waals surface area contributed by atoms with Crippen LogP contribution < -0.4 is 0 Å². The van der Waals surface area contributed by atoms with Crippen molar-refractivity contribution in [3.8, 4) is 0 Å². The summed E-state index contributed by atoms with van der Waals surface area (Å²) in [5, 5.41) is 16.7. The lowest BCUT2D eigenvalue weighted by Gasteiger charge is -2.15. The molecule has 1 aliphatic heterocycles. The van der Waals surface area contributed by atoms with Crippen LogP contribution in [0.25, 0.3) is 10.9 Å². The fourth-order valence-corrected chi connectivity index (χ4v) is 2.71.